The van der Waals surface area contributed by atoms with Crippen LogP contribution in [0.4, 0.5) is 0 Å². The van der Waals surface area contributed by atoms with Gasteiger partial charge in [-0.25, -0.2) is 4.68 Å². The fourth-order valence-electron chi connectivity index (χ4n) is 3.68. The van der Waals surface area contributed by atoms with Gasteiger partial charge in [0.25, 0.3) is 0 Å². The van der Waals surface area contributed by atoms with Crippen molar-refractivity contribution in [1.29, 1.82) is 0 Å². The Bertz CT molecular complexity index is 974. The molecule has 0 saturated carbocycles. The largest absolute Gasteiger partial charge is 0.356 e. The van der Waals surface area contributed by atoms with Crippen molar-refractivity contribution in [3.63, 3.8) is 0 Å². The summed E-state index contributed by atoms with van der Waals surface area (Å²) in [5.74, 6) is 1.64. The molecule has 0 spiro atoms. The molecule has 1 aromatic carbocycles. The third-order valence-corrected chi connectivity index (χ3v) is 5.31. The molecule has 3 rings (SSSR count). The molecule has 0 aliphatic rings. The van der Waals surface area contributed by atoms with Crippen molar-refractivity contribution in [1.82, 2.24) is 25.4 Å². The van der Waals surface area contributed by atoms with Gasteiger partial charge in [-0.05, 0) is 49.1 Å². The Labute approximate surface area is 179 Å². The standard InChI is InChI=1S/C24H32N6/c1-17(2)22(20-10-8-12-26-14-20)16-28-24(25-5)27-15-21-9-6-7-11-23(21)30-19(4)13-18(3)29-30/h6-14,17,22H,15-16H2,1-5H3,(H2,25,27,28). The van der Waals surface area contributed by atoms with E-state index in [4.69, 9.17) is 0 Å². The predicted molar refractivity (Wildman–Crippen MR) is 123 cm³/mol. The lowest BCUT2D eigenvalue weighted by Crippen LogP contribution is -2.39. The van der Waals surface area contributed by atoms with E-state index >= 15 is 0 Å². The topological polar surface area (TPSA) is 67.1 Å². The van der Waals surface area contributed by atoms with Crippen LogP contribution in [0.15, 0.2) is 59.9 Å². The van der Waals surface area contributed by atoms with Crippen molar-refractivity contribution in [2.45, 2.75) is 40.2 Å². The van der Waals surface area contributed by atoms with E-state index in [0.717, 1.165) is 29.6 Å². The second-order valence-electron chi connectivity index (χ2n) is 7.91. The van der Waals surface area contributed by atoms with Gasteiger partial charge < -0.3 is 10.6 Å². The summed E-state index contributed by atoms with van der Waals surface area (Å²) < 4.78 is 2.00. The van der Waals surface area contributed by atoms with Crippen LogP contribution in [-0.4, -0.2) is 34.3 Å². The lowest BCUT2D eigenvalue weighted by molar-refractivity contribution is 0.487. The van der Waals surface area contributed by atoms with Crippen molar-refractivity contribution in [2.75, 3.05) is 13.6 Å². The monoisotopic (exact) mass is 404 g/mol. The van der Waals surface area contributed by atoms with Crippen LogP contribution in [0.3, 0.4) is 0 Å². The van der Waals surface area contributed by atoms with Crippen molar-refractivity contribution >= 4 is 5.96 Å². The fraction of sp³-hybridized carbons (Fsp3) is 0.375. The van der Waals surface area contributed by atoms with E-state index in [0.29, 0.717) is 18.4 Å². The molecule has 6 nitrogen and oxygen atoms in total. The van der Waals surface area contributed by atoms with Crippen molar-refractivity contribution in [3.05, 3.63) is 77.4 Å². The Hall–Kier alpha value is -3.15. The number of rotatable bonds is 7. The average Bonchev–Trinajstić information content (AvgIpc) is 3.09. The normalized spacial score (nSPS) is 12.8. The predicted octanol–water partition coefficient (Wildman–Crippen LogP) is 3.99. The zero-order chi connectivity index (χ0) is 21.5. The van der Waals surface area contributed by atoms with Crippen LogP contribution < -0.4 is 10.6 Å². The van der Waals surface area contributed by atoms with E-state index in [-0.39, 0.29) is 0 Å². The van der Waals surface area contributed by atoms with E-state index in [1.54, 1.807) is 7.05 Å². The van der Waals surface area contributed by atoms with E-state index in [9.17, 15) is 0 Å². The van der Waals surface area contributed by atoms with Crippen molar-refractivity contribution < 1.29 is 0 Å². The van der Waals surface area contributed by atoms with Gasteiger partial charge in [-0.15, -0.1) is 0 Å². The van der Waals surface area contributed by atoms with E-state index in [1.165, 1.54) is 11.1 Å². The highest BCUT2D eigenvalue weighted by atomic mass is 15.3. The fourth-order valence-corrected chi connectivity index (χ4v) is 3.68. The number of para-hydroxylation sites is 1. The molecular weight excluding hydrogens is 372 g/mol. The quantitative estimate of drug-likeness (QED) is 0.462. The molecule has 2 aromatic heterocycles. The summed E-state index contributed by atoms with van der Waals surface area (Å²) in [7, 11) is 1.80. The number of nitrogens with one attached hydrogen (secondary N) is 2. The minimum atomic E-state index is 0.360. The van der Waals surface area contributed by atoms with E-state index in [1.807, 2.05) is 36.1 Å². The summed E-state index contributed by atoms with van der Waals surface area (Å²) in [5.41, 5.74) is 5.63. The van der Waals surface area contributed by atoms with E-state index in [2.05, 4.69) is 76.8 Å². The maximum Gasteiger partial charge on any atom is 0.191 e. The first-order valence-electron chi connectivity index (χ1n) is 10.5. The van der Waals surface area contributed by atoms with Crippen LogP contribution in [0, 0.1) is 19.8 Å². The number of aliphatic imine (C=N–C) groups is 1. The van der Waals surface area contributed by atoms with Gasteiger partial charge in [0.05, 0.1) is 11.4 Å². The van der Waals surface area contributed by atoms with Gasteiger partial charge in [0, 0.05) is 44.1 Å². The minimum Gasteiger partial charge on any atom is -0.356 e. The maximum atomic E-state index is 4.64. The molecule has 2 N–H and O–H groups in total. The van der Waals surface area contributed by atoms with Gasteiger partial charge in [0.2, 0.25) is 0 Å². The smallest absolute Gasteiger partial charge is 0.191 e. The lowest BCUT2D eigenvalue weighted by atomic mass is 9.89. The molecule has 0 radical (unpaired) electrons. The molecular formula is C24H32N6. The summed E-state index contributed by atoms with van der Waals surface area (Å²) in [6.45, 7) is 10.0. The Morgan fingerprint density at radius 1 is 1.10 bits per heavy atom. The van der Waals surface area contributed by atoms with Crippen molar-refractivity contribution in [3.8, 4) is 5.69 Å². The molecule has 6 heteroatoms. The number of hydrogen-bond acceptors (Lipinski definition) is 3. The summed E-state index contributed by atoms with van der Waals surface area (Å²) in [4.78, 5) is 8.69. The summed E-state index contributed by atoms with van der Waals surface area (Å²) >= 11 is 0. The molecule has 30 heavy (non-hydrogen) atoms. The van der Waals surface area contributed by atoms with Gasteiger partial charge in [-0.1, -0.05) is 38.1 Å². The van der Waals surface area contributed by atoms with Gasteiger partial charge in [0.15, 0.2) is 5.96 Å². The first kappa shape index (κ1) is 21.6. The number of hydrogen-bond donors (Lipinski definition) is 2. The van der Waals surface area contributed by atoms with E-state index < -0.39 is 0 Å². The highest BCUT2D eigenvalue weighted by molar-refractivity contribution is 5.79. The summed E-state index contributed by atoms with van der Waals surface area (Å²) in [6.07, 6.45) is 3.77. The molecule has 1 unspecified atom stereocenters. The molecule has 0 aliphatic carbocycles. The second-order valence-corrected chi connectivity index (χ2v) is 7.91. The summed E-state index contributed by atoms with van der Waals surface area (Å²) in [5, 5.41) is 11.6. The maximum absolute atomic E-state index is 4.64. The number of aryl methyl sites for hydroxylation is 2. The molecule has 0 aliphatic heterocycles. The highest BCUT2D eigenvalue weighted by Gasteiger charge is 2.17. The Morgan fingerprint density at radius 3 is 2.53 bits per heavy atom. The SMILES string of the molecule is CN=C(NCc1ccccc1-n1nc(C)cc1C)NCC(c1cccnc1)C(C)C. The molecule has 3 aromatic rings. The molecule has 158 valence electrons. The Morgan fingerprint density at radius 2 is 1.90 bits per heavy atom. The molecule has 0 bridgehead atoms. The zero-order valence-corrected chi connectivity index (χ0v) is 18.6. The van der Waals surface area contributed by atoms with Gasteiger partial charge >= 0.3 is 0 Å². The first-order chi connectivity index (χ1) is 14.5. The van der Waals surface area contributed by atoms with Crippen LogP contribution in [0.1, 0.15) is 42.3 Å². The van der Waals surface area contributed by atoms with Crippen LogP contribution >= 0.6 is 0 Å². The minimum absolute atomic E-state index is 0.360. The van der Waals surface area contributed by atoms with Gasteiger partial charge in [-0.2, -0.15) is 5.10 Å². The molecule has 0 saturated heterocycles. The second kappa shape index (κ2) is 10.1. The third-order valence-electron chi connectivity index (χ3n) is 5.31. The zero-order valence-electron chi connectivity index (χ0n) is 18.6. The van der Waals surface area contributed by atoms with Gasteiger partial charge in [0.1, 0.15) is 0 Å². The Balaban J connectivity index is 1.67. The number of aromatic nitrogens is 3. The molecule has 1 atom stereocenters. The first-order valence-corrected chi connectivity index (χ1v) is 10.5. The number of pyridine rings is 1. The lowest BCUT2D eigenvalue weighted by Gasteiger charge is -2.23. The number of benzene rings is 1. The molecule has 0 fully saturated rings. The number of guanidine groups is 1. The number of nitrogens with zero attached hydrogens (tertiary/aromatic N) is 4. The highest BCUT2D eigenvalue weighted by Crippen LogP contribution is 2.22. The van der Waals surface area contributed by atoms with Crippen LogP contribution in [0.25, 0.3) is 5.69 Å². The van der Waals surface area contributed by atoms with Crippen LogP contribution in [0.5, 0.6) is 0 Å². The third kappa shape index (κ3) is 5.26. The average molecular weight is 405 g/mol. The molecule has 0 amide bonds. The summed E-state index contributed by atoms with van der Waals surface area (Å²) in [6, 6.07) is 14.6. The Kier molecular flexibility index (Phi) is 7.22. The van der Waals surface area contributed by atoms with Gasteiger partial charge in [-0.3, -0.25) is 9.98 Å². The van der Waals surface area contributed by atoms with Crippen molar-refractivity contribution in [2.24, 2.45) is 10.9 Å². The molecule has 2 heterocycles. The van der Waals surface area contributed by atoms with Crippen LogP contribution in [-0.2, 0) is 6.54 Å². The van der Waals surface area contributed by atoms with Crippen LogP contribution in [0.2, 0.25) is 0 Å².